The van der Waals surface area contributed by atoms with Crippen LogP contribution in [0.2, 0.25) is 0 Å². The molecule has 1 aromatic carbocycles. The number of amides is 2. The third-order valence-corrected chi connectivity index (χ3v) is 5.91. The maximum Gasteiger partial charge on any atom is 0.391 e. The Hall–Kier alpha value is -2.45. The molecule has 1 saturated carbocycles. The minimum atomic E-state index is -4.31. The summed E-state index contributed by atoms with van der Waals surface area (Å²) >= 11 is 0. The van der Waals surface area contributed by atoms with Crippen LogP contribution in [-0.2, 0) is 4.79 Å². The molecule has 2 amide bonds. The average Bonchev–Trinajstić information content (AvgIpc) is 3.27. The van der Waals surface area contributed by atoms with E-state index in [9.17, 15) is 22.8 Å². The first kappa shape index (κ1) is 22.2. The molecule has 6 nitrogen and oxygen atoms in total. The van der Waals surface area contributed by atoms with Crippen molar-refractivity contribution in [2.45, 2.75) is 44.7 Å². The molecule has 2 aliphatic rings. The number of nitrogens with zero attached hydrogens (tertiary/aromatic N) is 1. The summed E-state index contributed by atoms with van der Waals surface area (Å²) in [6, 6.07) is 3.00. The Morgan fingerprint density at radius 1 is 1.03 bits per heavy atom. The van der Waals surface area contributed by atoms with Crippen molar-refractivity contribution in [3.63, 3.8) is 0 Å². The van der Waals surface area contributed by atoms with Gasteiger partial charge in [0.2, 0.25) is 5.91 Å². The second-order valence-corrected chi connectivity index (χ2v) is 7.84. The van der Waals surface area contributed by atoms with Crippen LogP contribution in [0, 0.1) is 11.8 Å². The molecule has 2 unspecified atom stereocenters. The molecule has 1 aliphatic heterocycles. The van der Waals surface area contributed by atoms with Gasteiger partial charge in [-0.15, -0.1) is 0 Å². The fourth-order valence-corrected chi connectivity index (χ4v) is 4.21. The topological polar surface area (TPSA) is 67.9 Å². The summed E-state index contributed by atoms with van der Waals surface area (Å²) in [6.45, 7) is 1.24. The number of benzene rings is 1. The molecule has 166 valence electrons. The van der Waals surface area contributed by atoms with Crippen molar-refractivity contribution in [2.24, 2.45) is 11.8 Å². The molecule has 1 saturated heterocycles. The van der Waals surface area contributed by atoms with E-state index in [-0.39, 0.29) is 30.0 Å². The number of hydrogen-bond donors (Lipinski definition) is 1. The lowest BCUT2D eigenvalue weighted by atomic mass is 9.80. The van der Waals surface area contributed by atoms with Gasteiger partial charge < -0.3 is 19.7 Å². The number of methoxy groups -OCH3 is 2. The predicted molar refractivity (Wildman–Crippen MR) is 105 cm³/mol. The van der Waals surface area contributed by atoms with Crippen molar-refractivity contribution in [2.75, 3.05) is 32.6 Å². The smallest absolute Gasteiger partial charge is 0.391 e. The maximum absolute atomic E-state index is 13.1. The zero-order valence-electron chi connectivity index (χ0n) is 17.2. The highest BCUT2D eigenvalue weighted by Crippen LogP contribution is 2.41. The van der Waals surface area contributed by atoms with E-state index in [0.29, 0.717) is 37.4 Å². The van der Waals surface area contributed by atoms with E-state index in [1.165, 1.54) is 26.4 Å². The molecule has 1 N–H and O–H groups in total. The predicted octanol–water partition coefficient (Wildman–Crippen LogP) is 4.25. The largest absolute Gasteiger partial charge is 0.493 e. The third kappa shape index (κ3) is 4.82. The van der Waals surface area contributed by atoms with Crippen LogP contribution in [-0.4, -0.2) is 50.2 Å². The number of hydrogen-bond acceptors (Lipinski definition) is 4. The van der Waals surface area contributed by atoms with Crippen LogP contribution >= 0.6 is 0 Å². The summed E-state index contributed by atoms with van der Waals surface area (Å²) in [5.41, 5.74) is 0.467. The summed E-state index contributed by atoms with van der Waals surface area (Å²) in [6.07, 6.45) is -1.96. The van der Waals surface area contributed by atoms with Gasteiger partial charge in [0.1, 0.15) is 0 Å². The molecule has 3 rings (SSSR count). The van der Waals surface area contributed by atoms with Gasteiger partial charge in [0, 0.05) is 25.1 Å². The van der Waals surface area contributed by atoms with Gasteiger partial charge in [-0.1, -0.05) is 6.42 Å². The number of ether oxygens (including phenoxy) is 2. The van der Waals surface area contributed by atoms with Crippen LogP contribution in [0.25, 0.3) is 0 Å². The van der Waals surface area contributed by atoms with Crippen LogP contribution in [0.15, 0.2) is 12.1 Å². The summed E-state index contributed by atoms with van der Waals surface area (Å²) in [7, 11) is 2.88. The molecule has 2 atom stereocenters. The number of carbonyl (C=O) groups excluding carboxylic acids is 2. The molecule has 0 radical (unpaired) electrons. The lowest BCUT2D eigenvalue weighted by Gasteiger charge is -2.30. The number of carbonyl (C=O) groups is 2. The van der Waals surface area contributed by atoms with E-state index in [1.54, 1.807) is 4.90 Å². The minimum Gasteiger partial charge on any atom is -0.493 e. The van der Waals surface area contributed by atoms with Gasteiger partial charge in [-0.25, -0.2) is 0 Å². The zero-order valence-corrected chi connectivity index (χ0v) is 17.2. The molecule has 30 heavy (non-hydrogen) atoms. The lowest BCUT2D eigenvalue weighted by Crippen LogP contribution is -2.35. The molecular weight excluding hydrogens is 401 g/mol. The number of anilines is 1. The van der Waals surface area contributed by atoms with Gasteiger partial charge in [0.15, 0.2) is 11.5 Å². The van der Waals surface area contributed by atoms with Crippen LogP contribution in [0.5, 0.6) is 11.5 Å². The van der Waals surface area contributed by atoms with Crippen molar-refractivity contribution in [3.8, 4) is 11.5 Å². The summed E-state index contributed by atoms with van der Waals surface area (Å²) in [5, 5.41) is 2.69. The van der Waals surface area contributed by atoms with Crippen LogP contribution in [0.3, 0.4) is 0 Å². The number of nitrogens with one attached hydrogen (secondary N) is 1. The van der Waals surface area contributed by atoms with E-state index in [0.717, 1.165) is 12.8 Å². The molecular formula is C21H27F3N2O4. The summed E-state index contributed by atoms with van der Waals surface area (Å²) in [5.74, 6) is -2.33. The first-order chi connectivity index (χ1) is 14.2. The van der Waals surface area contributed by atoms with Crippen molar-refractivity contribution in [1.82, 2.24) is 4.90 Å². The van der Waals surface area contributed by atoms with Gasteiger partial charge in [-0.05, 0) is 38.2 Å². The van der Waals surface area contributed by atoms with Gasteiger partial charge in [0.05, 0.1) is 31.4 Å². The number of rotatable bonds is 5. The fourth-order valence-electron chi connectivity index (χ4n) is 4.21. The second kappa shape index (κ2) is 9.14. The Bertz CT molecular complexity index is 791. The van der Waals surface area contributed by atoms with E-state index in [2.05, 4.69) is 5.32 Å². The van der Waals surface area contributed by atoms with E-state index < -0.39 is 23.9 Å². The highest BCUT2D eigenvalue weighted by molar-refractivity contribution is 6.05. The summed E-state index contributed by atoms with van der Waals surface area (Å²) in [4.78, 5) is 27.5. The highest BCUT2D eigenvalue weighted by Gasteiger charge is 2.43. The normalized spacial score (nSPS) is 22.0. The Morgan fingerprint density at radius 3 is 2.27 bits per heavy atom. The molecule has 2 fully saturated rings. The number of alkyl halides is 3. The Labute approximate surface area is 173 Å². The molecule has 0 aromatic heterocycles. The molecule has 1 aromatic rings. The Balaban J connectivity index is 1.86. The first-order valence-corrected chi connectivity index (χ1v) is 10.2. The van der Waals surface area contributed by atoms with Crippen LogP contribution in [0.1, 0.15) is 48.9 Å². The third-order valence-electron chi connectivity index (χ3n) is 5.91. The second-order valence-electron chi connectivity index (χ2n) is 7.84. The van der Waals surface area contributed by atoms with E-state index >= 15 is 0 Å². The van der Waals surface area contributed by atoms with Crippen molar-refractivity contribution < 1.29 is 32.2 Å². The standard InChI is InChI=1S/C21H27F3N2O4/c1-29-17-11-15(20(28)26-8-3-4-9-26)16(12-18(17)30-2)25-19(27)13-6-5-7-14(10-13)21(22,23)24/h11-14H,3-10H2,1-2H3,(H,25,27). The zero-order chi connectivity index (χ0) is 21.9. The average molecular weight is 428 g/mol. The highest BCUT2D eigenvalue weighted by atomic mass is 19.4. The van der Waals surface area contributed by atoms with Gasteiger partial charge >= 0.3 is 6.18 Å². The Morgan fingerprint density at radius 2 is 1.67 bits per heavy atom. The molecule has 1 heterocycles. The van der Waals surface area contributed by atoms with Gasteiger partial charge in [-0.3, -0.25) is 9.59 Å². The number of halogens is 3. The molecule has 1 aliphatic carbocycles. The maximum atomic E-state index is 13.1. The van der Waals surface area contributed by atoms with Crippen molar-refractivity contribution in [1.29, 1.82) is 0 Å². The van der Waals surface area contributed by atoms with Gasteiger partial charge in [-0.2, -0.15) is 13.2 Å². The Kier molecular flexibility index (Phi) is 6.77. The quantitative estimate of drug-likeness (QED) is 0.762. The van der Waals surface area contributed by atoms with Gasteiger partial charge in [0.25, 0.3) is 5.91 Å². The molecule has 0 spiro atoms. The van der Waals surface area contributed by atoms with Crippen molar-refractivity contribution >= 4 is 17.5 Å². The summed E-state index contributed by atoms with van der Waals surface area (Å²) < 4.78 is 49.9. The SMILES string of the molecule is COc1cc(NC(=O)C2CCCC(C(F)(F)F)C2)c(C(=O)N2CCCC2)cc1OC. The molecule has 0 bridgehead atoms. The molecule has 9 heteroatoms. The van der Waals surface area contributed by atoms with E-state index in [4.69, 9.17) is 9.47 Å². The monoisotopic (exact) mass is 428 g/mol. The lowest BCUT2D eigenvalue weighted by molar-refractivity contribution is -0.185. The van der Waals surface area contributed by atoms with Crippen molar-refractivity contribution in [3.05, 3.63) is 17.7 Å². The van der Waals surface area contributed by atoms with Crippen LogP contribution < -0.4 is 14.8 Å². The number of likely N-dealkylation sites (tertiary alicyclic amines) is 1. The first-order valence-electron chi connectivity index (χ1n) is 10.2. The van der Waals surface area contributed by atoms with E-state index in [1.807, 2.05) is 0 Å². The van der Waals surface area contributed by atoms with Crippen LogP contribution in [0.4, 0.5) is 18.9 Å². The minimum absolute atomic E-state index is 0.0440. The fraction of sp³-hybridized carbons (Fsp3) is 0.619.